The summed E-state index contributed by atoms with van der Waals surface area (Å²) in [4.78, 5) is 21.9. The maximum Gasteiger partial charge on any atom is 0.335 e. The molecule has 0 aromatic heterocycles. The number of amides is 1. The summed E-state index contributed by atoms with van der Waals surface area (Å²) in [6.07, 6.45) is -8.33. The van der Waals surface area contributed by atoms with Crippen LogP contribution in [0.15, 0.2) is 24.3 Å². The van der Waals surface area contributed by atoms with Gasteiger partial charge in [0.2, 0.25) is 12.2 Å². The zero-order valence-electron chi connectivity index (χ0n) is 12.1. The zero-order valence-corrected chi connectivity index (χ0v) is 12.1. The maximum absolute atomic E-state index is 11.0. The van der Waals surface area contributed by atoms with Gasteiger partial charge < -0.3 is 35.2 Å². The summed E-state index contributed by atoms with van der Waals surface area (Å²) in [5.41, 5.74) is 0.522. The molecule has 1 saturated heterocycles. The number of hydrogen-bond donors (Lipinski definition) is 5. The first-order valence-electron chi connectivity index (χ1n) is 6.76. The summed E-state index contributed by atoms with van der Waals surface area (Å²) in [6, 6.07) is 6.00. The van der Waals surface area contributed by atoms with Gasteiger partial charge in [-0.2, -0.15) is 0 Å². The number of aliphatic hydroxyl groups excluding tert-OH is 3. The van der Waals surface area contributed by atoms with Crippen molar-refractivity contribution in [2.45, 2.75) is 37.6 Å². The first kappa shape index (κ1) is 17.2. The number of carboxylic acid groups (broad SMARTS) is 1. The van der Waals surface area contributed by atoms with Gasteiger partial charge in [-0.15, -0.1) is 0 Å². The largest absolute Gasteiger partial charge is 0.479 e. The molecular formula is C14H17NO8. The van der Waals surface area contributed by atoms with Gasteiger partial charge in [0.1, 0.15) is 24.1 Å². The Kier molecular flexibility index (Phi) is 5.16. The molecule has 0 aliphatic carbocycles. The van der Waals surface area contributed by atoms with Gasteiger partial charge in [-0.1, -0.05) is 0 Å². The van der Waals surface area contributed by atoms with Crippen molar-refractivity contribution in [1.29, 1.82) is 0 Å². The molecule has 23 heavy (non-hydrogen) atoms. The Labute approximate surface area is 131 Å². The minimum atomic E-state index is -1.77. The lowest BCUT2D eigenvalue weighted by molar-refractivity contribution is -0.271. The zero-order chi connectivity index (χ0) is 17.1. The van der Waals surface area contributed by atoms with Crippen molar-refractivity contribution in [3.63, 3.8) is 0 Å². The van der Waals surface area contributed by atoms with E-state index in [-0.39, 0.29) is 11.7 Å². The SMILES string of the molecule is CC(=O)Nc1ccc(O[C@@H]2O[C@@H](C(=O)O)[C@@H](O)[C@@H](O)[C@H]2O)cc1. The molecule has 0 unspecified atom stereocenters. The molecule has 0 bridgehead atoms. The highest BCUT2D eigenvalue weighted by Crippen LogP contribution is 2.25. The predicted octanol–water partition coefficient (Wildman–Crippen LogP) is -1.08. The number of aliphatic carboxylic acids is 1. The van der Waals surface area contributed by atoms with Crippen LogP contribution < -0.4 is 10.1 Å². The summed E-state index contributed by atoms with van der Waals surface area (Å²) >= 11 is 0. The third-order valence-corrected chi connectivity index (χ3v) is 3.24. The lowest BCUT2D eigenvalue weighted by Gasteiger charge is -2.38. The molecule has 1 aliphatic heterocycles. The Morgan fingerprint density at radius 3 is 2.22 bits per heavy atom. The minimum Gasteiger partial charge on any atom is -0.479 e. The average Bonchev–Trinajstić information content (AvgIpc) is 2.48. The Balaban J connectivity index is 2.08. The molecule has 2 rings (SSSR count). The second kappa shape index (κ2) is 6.92. The first-order chi connectivity index (χ1) is 10.8. The Bertz CT molecular complexity index is 575. The predicted molar refractivity (Wildman–Crippen MR) is 75.7 cm³/mol. The van der Waals surface area contributed by atoms with Crippen molar-refractivity contribution in [3.05, 3.63) is 24.3 Å². The number of carboxylic acids is 1. The molecule has 0 spiro atoms. The third-order valence-electron chi connectivity index (χ3n) is 3.24. The third kappa shape index (κ3) is 3.96. The molecule has 9 nitrogen and oxygen atoms in total. The topological polar surface area (TPSA) is 146 Å². The Hall–Kier alpha value is -2.20. The van der Waals surface area contributed by atoms with E-state index in [2.05, 4.69) is 5.32 Å². The fourth-order valence-corrected chi connectivity index (χ4v) is 2.10. The van der Waals surface area contributed by atoms with Gasteiger partial charge in [0.05, 0.1) is 0 Å². The van der Waals surface area contributed by atoms with Gasteiger partial charge in [-0.3, -0.25) is 4.79 Å². The summed E-state index contributed by atoms with van der Waals surface area (Å²) in [5.74, 6) is -1.51. The van der Waals surface area contributed by atoms with Crippen molar-refractivity contribution in [2.75, 3.05) is 5.32 Å². The summed E-state index contributed by atoms with van der Waals surface area (Å²) in [5, 5.41) is 40.6. The number of aliphatic hydroxyl groups is 3. The van der Waals surface area contributed by atoms with Gasteiger partial charge in [0.15, 0.2) is 6.10 Å². The molecule has 1 heterocycles. The first-order valence-corrected chi connectivity index (χ1v) is 6.76. The molecule has 0 saturated carbocycles. The van der Waals surface area contributed by atoms with Crippen LogP contribution in [-0.2, 0) is 14.3 Å². The summed E-state index contributed by atoms with van der Waals surface area (Å²) in [7, 11) is 0. The van der Waals surface area contributed by atoms with Gasteiger partial charge in [-0.05, 0) is 24.3 Å². The van der Waals surface area contributed by atoms with Crippen LogP contribution in [0.1, 0.15) is 6.92 Å². The van der Waals surface area contributed by atoms with E-state index in [9.17, 15) is 24.9 Å². The van der Waals surface area contributed by atoms with E-state index in [4.69, 9.17) is 14.6 Å². The Morgan fingerprint density at radius 1 is 1.09 bits per heavy atom. The van der Waals surface area contributed by atoms with E-state index >= 15 is 0 Å². The number of hydrogen-bond acceptors (Lipinski definition) is 7. The summed E-state index contributed by atoms with van der Waals surface area (Å²) < 4.78 is 10.3. The van der Waals surface area contributed by atoms with Crippen LogP contribution in [-0.4, -0.2) is 63.0 Å². The number of anilines is 1. The minimum absolute atomic E-state index is 0.218. The van der Waals surface area contributed by atoms with Crippen molar-refractivity contribution in [1.82, 2.24) is 0 Å². The molecule has 1 aromatic rings. The lowest BCUT2D eigenvalue weighted by atomic mass is 9.99. The molecule has 5 atom stereocenters. The van der Waals surface area contributed by atoms with E-state index < -0.39 is 36.7 Å². The highest BCUT2D eigenvalue weighted by atomic mass is 16.7. The molecule has 0 radical (unpaired) electrons. The van der Waals surface area contributed by atoms with E-state index in [0.29, 0.717) is 5.69 Å². The second-order valence-corrected chi connectivity index (χ2v) is 5.06. The molecule has 126 valence electrons. The smallest absolute Gasteiger partial charge is 0.335 e. The maximum atomic E-state index is 11.0. The number of carbonyl (C=O) groups is 2. The van der Waals surface area contributed by atoms with E-state index in [1.54, 1.807) is 0 Å². The molecule has 9 heteroatoms. The average molecular weight is 327 g/mol. The molecule has 1 amide bonds. The molecule has 5 N–H and O–H groups in total. The molecular weight excluding hydrogens is 310 g/mol. The van der Waals surface area contributed by atoms with Gasteiger partial charge in [0, 0.05) is 12.6 Å². The molecule has 1 aromatic carbocycles. The van der Waals surface area contributed by atoms with E-state index in [1.165, 1.54) is 31.2 Å². The standard InChI is InChI=1S/C14H17NO8/c1-6(16)15-7-2-4-8(5-3-7)22-14-11(19)9(17)10(18)12(23-14)13(20)21/h2-5,9-12,14,17-19H,1H3,(H,15,16)(H,20,21)/t9-,10+,11-,12-,14-/m1/s1. The van der Waals surface area contributed by atoms with Crippen molar-refractivity contribution < 1.29 is 39.5 Å². The van der Waals surface area contributed by atoms with Crippen LogP contribution in [0.5, 0.6) is 5.75 Å². The van der Waals surface area contributed by atoms with Gasteiger partial charge in [0.25, 0.3) is 0 Å². The van der Waals surface area contributed by atoms with Crippen LogP contribution in [0, 0.1) is 0 Å². The van der Waals surface area contributed by atoms with Crippen LogP contribution in [0.2, 0.25) is 0 Å². The number of nitrogens with one attached hydrogen (secondary N) is 1. The number of ether oxygens (including phenoxy) is 2. The quantitative estimate of drug-likeness (QED) is 0.469. The van der Waals surface area contributed by atoms with E-state index in [1.807, 2.05) is 0 Å². The summed E-state index contributed by atoms with van der Waals surface area (Å²) in [6.45, 7) is 1.36. The number of benzene rings is 1. The monoisotopic (exact) mass is 327 g/mol. The fourth-order valence-electron chi connectivity index (χ4n) is 2.10. The second-order valence-electron chi connectivity index (χ2n) is 5.06. The van der Waals surface area contributed by atoms with Crippen molar-refractivity contribution in [2.24, 2.45) is 0 Å². The molecule has 1 fully saturated rings. The van der Waals surface area contributed by atoms with E-state index in [0.717, 1.165) is 0 Å². The highest BCUT2D eigenvalue weighted by Gasteiger charge is 2.48. The normalized spacial score (nSPS) is 30.5. The fraction of sp³-hybridized carbons (Fsp3) is 0.429. The van der Waals surface area contributed by atoms with Crippen molar-refractivity contribution >= 4 is 17.6 Å². The van der Waals surface area contributed by atoms with Gasteiger partial charge in [-0.25, -0.2) is 4.79 Å². The Morgan fingerprint density at radius 2 is 1.70 bits per heavy atom. The lowest BCUT2D eigenvalue weighted by Crippen LogP contribution is -2.61. The van der Waals surface area contributed by atoms with Gasteiger partial charge >= 0.3 is 5.97 Å². The molecule has 1 aliphatic rings. The van der Waals surface area contributed by atoms with Crippen LogP contribution >= 0.6 is 0 Å². The number of rotatable bonds is 4. The van der Waals surface area contributed by atoms with Crippen LogP contribution in [0.3, 0.4) is 0 Å². The highest BCUT2D eigenvalue weighted by molar-refractivity contribution is 5.88. The number of carbonyl (C=O) groups excluding carboxylic acids is 1. The van der Waals surface area contributed by atoms with Crippen molar-refractivity contribution in [3.8, 4) is 5.75 Å². The van der Waals surface area contributed by atoms with Crippen LogP contribution in [0.4, 0.5) is 5.69 Å². The van der Waals surface area contributed by atoms with Crippen LogP contribution in [0.25, 0.3) is 0 Å².